The zero-order chi connectivity index (χ0) is 26.3. The molecule has 1 saturated heterocycles. The second-order valence-corrected chi connectivity index (χ2v) is 11.6. The number of carbonyl (C=O) groups is 3. The van der Waals surface area contributed by atoms with Gasteiger partial charge in [-0.05, 0) is 42.7 Å². The Balaban J connectivity index is 1.64. The Morgan fingerprint density at radius 2 is 1.72 bits per heavy atom. The van der Waals surface area contributed by atoms with E-state index in [1.165, 1.54) is 5.69 Å². The molecular formula is C28H44N4O4. The van der Waals surface area contributed by atoms with Gasteiger partial charge in [-0.3, -0.25) is 19.6 Å². The first-order chi connectivity index (χ1) is 17.1. The average Bonchev–Trinajstić information content (AvgIpc) is 3.39. The lowest BCUT2D eigenvalue weighted by Crippen LogP contribution is -2.58. The van der Waals surface area contributed by atoms with E-state index in [0.29, 0.717) is 42.9 Å². The summed E-state index contributed by atoms with van der Waals surface area (Å²) in [5.41, 5.74) is 0.690. The minimum atomic E-state index is -0.678. The molecule has 2 fully saturated rings. The van der Waals surface area contributed by atoms with Gasteiger partial charge in [0, 0.05) is 31.9 Å². The maximum absolute atomic E-state index is 13.7. The lowest BCUT2D eigenvalue weighted by Gasteiger charge is -2.41. The Kier molecular flexibility index (Phi) is 9.77. The first-order valence-corrected chi connectivity index (χ1v) is 13.4. The summed E-state index contributed by atoms with van der Waals surface area (Å²) in [5.74, 6) is -0.473. The van der Waals surface area contributed by atoms with Gasteiger partial charge in [0.2, 0.25) is 18.2 Å². The van der Waals surface area contributed by atoms with Crippen LogP contribution in [0.3, 0.4) is 0 Å². The molecule has 0 aromatic heterocycles. The highest BCUT2D eigenvalue weighted by Crippen LogP contribution is 2.31. The Labute approximate surface area is 216 Å². The highest BCUT2D eigenvalue weighted by Gasteiger charge is 2.39. The Morgan fingerprint density at radius 1 is 1.11 bits per heavy atom. The lowest BCUT2D eigenvalue weighted by molar-refractivity contribution is -0.156. The lowest BCUT2D eigenvalue weighted by atomic mass is 9.84. The van der Waals surface area contributed by atoms with E-state index < -0.39 is 17.4 Å². The summed E-state index contributed by atoms with van der Waals surface area (Å²) in [4.78, 5) is 42.2. The van der Waals surface area contributed by atoms with Crippen LogP contribution in [0.15, 0.2) is 30.3 Å². The largest absolute Gasteiger partial charge is 0.371 e. The predicted molar refractivity (Wildman–Crippen MR) is 140 cm³/mol. The second kappa shape index (κ2) is 12.6. The van der Waals surface area contributed by atoms with Crippen LogP contribution < -0.4 is 10.2 Å². The van der Waals surface area contributed by atoms with E-state index in [9.17, 15) is 19.6 Å². The van der Waals surface area contributed by atoms with Crippen LogP contribution >= 0.6 is 0 Å². The number of nitrogens with zero attached hydrogens (tertiary/aromatic N) is 3. The SMILES string of the molecule is CN(c1ccccc1)C1CCN(C(=O)[C@H](NC(=O)[C@@H](CC2CCCC2)CN(O)C=O)C(C)(C)C)CC1. The fourth-order valence-corrected chi connectivity index (χ4v) is 5.62. The third kappa shape index (κ3) is 7.45. The standard InChI is InChI=1S/C28H44N4O4/c1-28(2,3)25(29-26(34)22(19-32(36)20-33)18-21-10-8-9-11-21)27(35)31-16-14-24(15-17-31)30(4)23-12-6-5-7-13-23/h5-7,12-13,20-22,24-25,36H,8-11,14-19H2,1-4H3,(H,29,34)/t22-,25-/m0/s1. The van der Waals surface area contributed by atoms with E-state index in [-0.39, 0.29) is 18.4 Å². The van der Waals surface area contributed by atoms with Crippen molar-refractivity contribution in [3.05, 3.63) is 30.3 Å². The first kappa shape index (κ1) is 28.0. The summed E-state index contributed by atoms with van der Waals surface area (Å²) in [6.45, 7) is 7.10. The number of hydrogen-bond acceptors (Lipinski definition) is 5. The van der Waals surface area contributed by atoms with E-state index in [0.717, 1.165) is 38.5 Å². The number of para-hydroxylation sites is 1. The Morgan fingerprint density at radius 3 is 2.28 bits per heavy atom. The van der Waals surface area contributed by atoms with Gasteiger partial charge in [-0.2, -0.15) is 0 Å². The molecule has 0 unspecified atom stereocenters. The van der Waals surface area contributed by atoms with E-state index in [4.69, 9.17) is 0 Å². The molecule has 3 rings (SSSR count). The number of carbonyl (C=O) groups excluding carboxylic acids is 3. The molecule has 1 heterocycles. The second-order valence-electron chi connectivity index (χ2n) is 11.6. The van der Waals surface area contributed by atoms with Crippen molar-refractivity contribution in [1.82, 2.24) is 15.3 Å². The minimum absolute atomic E-state index is 0.0614. The van der Waals surface area contributed by atoms with Gasteiger partial charge in [-0.1, -0.05) is 64.7 Å². The van der Waals surface area contributed by atoms with E-state index in [2.05, 4.69) is 29.4 Å². The third-order valence-electron chi connectivity index (χ3n) is 7.88. The van der Waals surface area contributed by atoms with Crippen LogP contribution in [-0.2, 0) is 14.4 Å². The van der Waals surface area contributed by atoms with E-state index in [1.54, 1.807) is 0 Å². The van der Waals surface area contributed by atoms with Crippen LogP contribution in [0.25, 0.3) is 0 Å². The van der Waals surface area contributed by atoms with Crippen molar-refractivity contribution in [2.75, 3.05) is 31.6 Å². The van der Waals surface area contributed by atoms with Crippen LogP contribution in [0, 0.1) is 17.3 Å². The molecule has 0 radical (unpaired) electrons. The van der Waals surface area contributed by atoms with Crippen LogP contribution in [-0.4, -0.2) is 72.2 Å². The van der Waals surface area contributed by atoms with Crippen molar-refractivity contribution in [3.63, 3.8) is 0 Å². The molecule has 36 heavy (non-hydrogen) atoms. The van der Waals surface area contributed by atoms with Gasteiger partial charge in [0.25, 0.3) is 0 Å². The van der Waals surface area contributed by atoms with Gasteiger partial charge in [0.1, 0.15) is 6.04 Å². The number of anilines is 1. The van der Waals surface area contributed by atoms with Crippen LogP contribution in [0.4, 0.5) is 5.69 Å². The van der Waals surface area contributed by atoms with Crippen molar-refractivity contribution >= 4 is 23.9 Å². The van der Waals surface area contributed by atoms with Gasteiger partial charge in [0.15, 0.2) is 0 Å². The number of nitrogens with one attached hydrogen (secondary N) is 1. The molecule has 2 N–H and O–H groups in total. The van der Waals surface area contributed by atoms with Crippen molar-refractivity contribution < 1.29 is 19.6 Å². The van der Waals surface area contributed by atoms with Crippen LogP contribution in [0.5, 0.6) is 0 Å². The molecule has 1 aliphatic carbocycles. The molecule has 8 heteroatoms. The zero-order valence-electron chi connectivity index (χ0n) is 22.4. The van der Waals surface area contributed by atoms with E-state index in [1.807, 2.05) is 43.9 Å². The fourth-order valence-electron chi connectivity index (χ4n) is 5.62. The summed E-state index contributed by atoms with van der Waals surface area (Å²) < 4.78 is 0. The number of likely N-dealkylation sites (tertiary alicyclic amines) is 1. The highest BCUT2D eigenvalue weighted by atomic mass is 16.5. The normalized spacial score (nSPS) is 19.0. The number of benzene rings is 1. The molecule has 1 aromatic rings. The fraction of sp³-hybridized carbons (Fsp3) is 0.679. The topological polar surface area (TPSA) is 93.2 Å². The van der Waals surface area contributed by atoms with Gasteiger partial charge in [0.05, 0.1) is 12.5 Å². The van der Waals surface area contributed by atoms with Gasteiger partial charge >= 0.3 is 0 Å². The van der Waals surface area contributed by atoms with Crippen molar-refractivity contribution in [1.29, 1.82) is 0 Å². The van der Waals surface area contributed by atoms with Gasteiger partial charge < -0.3 is 15.1 Å². The van der Waals surface area contributed by atoms with Crippen LogP contribution in [0.1, 0.15) is 65.7 Å². The highest BCUT2D eigenvalue weighted by molar-refractivity contribution is 5.89. The van der Waals surface area contributed by atoms with Crippen molar-refractivity contribution in [3.8, 4) is 0 Å². The third-order valence-corrected chi connectivity index (χ3v) is 7.88. The molecule has 1 aliphatic heterocycles. The molecular weight excluding hydrogens is 456 g/mol. The molecule has 2 aliphatic rings. The van der Waals surface area contributed by atoms with Crippen molar-refractivity contribution in [2.45, 2.75) is 77.8 Å². The van der Waals surface area contributed by atoms with Gasteiger partial charge in [-0.25, -0.2) is 5.06 Å². The summed E-state index contributed by atoms with van der Waals surface area (Å²) in [5, 5.41) is 13.4. The summed E-state index contributed by atoms with van der Waals surface area (Å²) >= 11 is 0. The molecule has 3 amide bonds. The maximum Gasteiger partial charge on any atom is 0.245 e. The molecule has 1 aromatic carbocycles. The number of amides is 3. The molecule has 2 atom stereocenters. The first-order valence-electron chi connectivity index (χ1n) is 13.4. The molecule has 1 saturated carbocycles. The molecule has 8 nitrogen and oxygen atoms in total. The molecule has 200 valence electrons. The number of hydrogen-bond donors (Lipinski definition) is 2. The monoisotopic (exact) mass is 500 g/mol. The number of hydroxylamine groups is 2. The van der Waals surface area contributed by atoms with E-state index >= 15 is 0 Å². The number of piperidine rings is 1. The zero-order valence-corrected chi connectivity index (χ0v) is 22.4. The van der Waals surface area contributed by atoms with Crippen LogP contribution in [0.2, 0.25) is 0 Å². The predicted octanol–water partition coefficient (Wildman–Crippen LogP) is 3.69. The Bertz CT molecular complexity index is 858. The summed E-state index contributed by atoms with van der Waals surface area (Å²) in [7, 11) is 2.10. The molecule has 0 spiro atoms. The smallest absolute Gasteiger partial charge is 0.245 e. The summed E-state index contributed by atoms with van der Waals surface area (Å²) in [6.07, 6.45) is 7.09. The van der Waals surface area contributed by atoms with Crippen molar-refractivity contribution in [2.24, 2.45) is 17.3 Å². The van der Waals surface area contributed by atoms with Gasteiger partial charge in [-0.15, -0.1) is 0 Å². The number of rotatable bonds is 10. The minimum Gasteiger partial charge on any atom is -0.371 e. The average molecular weight is 501 g/mol. The summed E-state index contributed by atoms with van der Waals surface area (Å²) in [6, 6.07) is 9.95. The quantitative estimate of drug-likeness (QED) is 0.290. The maximum atomic E-state index is 13.7. The molecule has 0 bridgehead atoms. The Hall–Kier alpha value is -2.61.